The minimum absolute atomic E-state index is 0.117. The van der Waals surface area contributed by atoms with Crippen molar-refractivity contribution >= 4 is 33.2 Å². The number of carbonyl (C=O) groups is 2. The number of nitrogens with zero attached hydrogens (tertiary/aromatic N) is 4. The van der Waals surface area contributed by atoms with Gasteiger partial charge in [0, 0.05) is 50.9 Å². The zero-order valence-corrected chi connectivity index (χ0v) is 26.0. The molecule has 1 amide bonds. The Morgan fingerprint density at radius 1 is 1.00 bits per heavy atom. The van der Waals surface area contributed by atoms with Crippen LogP contribution < -0.4 is 4.74 Å². The highest BCUT2D eigenvalue weighted by molar-refractivity contribution is 7.22. The number of piperidine rings is 1. The van der Waals surface area contributed by atoms with Gasteiger partial charge in [0.15, 0.2) is 11.6 Å². The number of carbonyl (C=O) groups excluding carboxylic acids is 2. The highest BCUT2D eigenvalue weighted by atomic mass is 32.1. The number of fused-ring (bicyclic) bond motifs is 1. The number of amides is 1. The van der Waals surface area contributed by atoms with Crippen LogP contribution in [0.25, 0.3) is 20.8 Å². The summed E-state index contributed by atoms with van der Waals surface area (Å²) in [7, 11) is 0. The summed E-state index contributed by atoms with van der Waals surface area (Å²) in [5, 5.41) is 9.21. The van der Waals surface area contributed by atoms with Gasteiger partial charge in [-0.25, -0.2) is 4.39 Å². The Balaban J connectivity index is 0.980. The SMILES string of the molecule is O=C(Cc1ccc(Oc2ccnc3cc(-c4ccc(CN5CCC6(CC5)CCN(C(=O)CO)C6)cn4)sc23)c(F)c1)CC1CC1. The summed E-state index contributed by atoms with van der Waals surface area (Å²) in [4.78, 5) is 38.6. The zero-order chi connectivity index (χ0) is 31.0. The van der Waals surface area contributed by atoms with Gasteiger partial charge >= 0.3 is 0 Å². The van der Waals surface area contributed by atoms with Gasteiger partial charge in [0.25, 0.3) is 0 Å². The van der Waals surface area contributed by atoms with E-state index in [2.05, 4.69) is 16.0 Å². The Bertz CT molecular complexity index is 1710. The van der Waals surface area contributed by atoms with Gasteiger partial charge in [-0.2, -0.15) is 0 Å². The molecule has 7 rings (SSSR count). The molecule has 45 heavy (non-hydrogen) atoms. The van der Waals surface area contributed by atoms with Crippen molar-refractivity contribution in [3.63, 3.8) is 0 Å². The van der Waals surface area contributed by atoms with Crippen LogP contribution in [-0.4, -0.2) is 69.4 Å². The Labute approximate surface area is 265 Å². The van der Waals surface area contributed by atoms with E-state index in [9.17, 15) is 19.1 Å². The maximum Gasteiger partial charge on any atom is 0.248 e. The first-order chi connectivity index (χ1) is 21.9. The fourth-order valence-electron chi connectivity index (χ4n) is 6.68. The molecule has 1 aromatic carbocycles. The summed E-state index contributed by atoms with van der Waals surface area (Å²) >= 11 is 1.51. The average molecular weight is 629 g/mol. The van der Waals surface area contributed by atoms with Gasteiger partial charge in [-0.3, -0.25) is 24.5 Å². The lowest BCUT2D eigenvalue weighted by atomic mass is 9.77. The van der Waals surface area contributed by atoms with Crippen molar-refractivity contribution in [2.24, 2.45) is 11.3 Å². The largest absolute Gasteiger partial charge is 0.453 e. The molecule has 4 aromatic rings. The summed E-state index contributed by atoms with van der Waals surface area (Å²) in [5.41, 5.74) is 3.60. The molecule has 1 spiro atoms. The number of likely N-dealkylation sites (tertiary alicyclic amines) is 2. The third-order valence-corrected chi connectivity index (χ3v) is 10.7. The van der Waals surface area contributed by atoms with Crippen LogP contribution >= 0.6 is 11.3 Å². The topological polar surface area (TPSA) is 95.9 Å². The van der Waals surface area contributed by atoms with E-state index in [0.717, 1.165) is 91.2 Å². The van der Waals surface area contributed by atoms with Gasteiger partial charge in [-0.05, 0) is 91.9 Å². The number of Topliss-reactive ketones (excluding diaryl/α,β-unsaturated/α-hetero) is 1. The van der Waals surface area contributed by atoms with Crippen LogP contribution in [0.2, 0.25) is 0 Å². The number of benzene rings is 1. The molecule has 0 unspecified atom stereocenters. The Kier molecular flexibility index (Phi) is 8.37. The zero-order valence-electron chi connectivity index (χ0n) is 25.2. The maximum atomic E-state index is 15.0. The second-order valence-electron chi connectivity index (χ2n) is 12.9. The number of aliphatic hydroxyl groups excluding tert-OH is 1. The van der Waals surface area contributed by atoms with E-state index in [4.69, 9.17) is 9.72 Å². The molecule has 1 N–H and O–H groups in total. The molecule has 0 atom stereocenters. The first-order valence-electron chi connectivity index (χ1n) is 15.8. The number of rotatable bonds is 10. The van der Waals surface area contributed by atoms with Gasteiger partial charge < -0.3 is 14.7 Å². The minimum Gasteiger partial charge on any atom is -0.453 e. The van der Waals surface area contributed by atoms with E-state index in [-0.39, 0.29) is 29.3 Å². The quantitative estimate of drug-likeness (QED) is 0.230. The molecular weight excluding hydrogens is 591 g/mol. The van der Waals surface area contributed by atoms with Crippen LogP contribution in [0.5, 0.6) is 11.5 Å². The van der Waals surface area contributed by atoms with Crippen molar-refractivity contribution < 1.29 is 23.8 Å². The first-order valence-corrected chi connectivity index (χ1v) is 16.6. The summed E-state index contributed by atoms with van der Waals surface area (Å²) < 4.78 is 21.8. The van der Waals surface area contributed by atoms with Crippen LogP contribution in [0.4, 0.5) is 4.39 Å². The normalized spacial score (nSPS) is 18.1. The summed E-state index contributed by atoms with van der Waals surface area (Å²) in [6.07, 6.45) is 9.80. The van der Waals surface area contributed by atoms with Crippen LogP contribution in [0.3, 0.4) is 0 Å². The average Bonchev–Trinajstić information content (AvgIpc) is 3.58. The molecule has 8 nitrogen and oxygen atoms in total. The monoisotopic (exact) mass is 628 g/mol. The molecule has 234 valence electrons. The number of hydrogen-bond donors (Lipinski definition) is 1. The van der Waals surface area contributed by atoms with E-state index < -0.39 is 12.4 Å². The number of pyridine rings is 2. The van der Waals surface area contributed by atoms with Gasteiger partial charge in [0.2, 0.25) is 5.91 Å². The second-order valence-corrected chi connectivity index (χ2v) is 14.0. The Morgan fingerprint density at radius 3 is 2.53 bits per heavy atom. The number of aliphatic hydroxyl groups is 1. The highest BCUT2D eigenvalue weighted by Crippen LogP contribution is 2.41. The van der Waals surface area contributed by atoms with Crippen molar-refractivity contribution in [3.8, 4) is 22.1 Å². The molecule has 0 radical (unpaired) electrons. The predicted molar refractivity (Wildman–Crippen MR) is 171 cm³/mol. The molecule has 1 saturated carbocycles. The molecule has 2 saturated heterocycles. The van der Waals surface area contributed by atoms with E-state index in [1.807, 2.05) is 23.2 Å². The van der Waals surface area contributed by atoms with E-state index in [1.165, 1.54) is 17.4 Å². The number of halogens is 1. The number of hydrogen-bond acceptors (Lipinski definition) is 8. The lowest BCUT2D eigenvalue weighted by molar-refractivity contribution is -0.133. The van der Waals surface area contributed by atoms with Crippen molar-refractivity contribution in [1.29, 1.82) is 0 Å². The number of aromatic nitrogens is 2. The van der Waals surface area contributed by atoms with E-state index >= 15 is 0 Å². The van der Waals surface area contributed by atoms with E-state index in [0.29, 0.717) is 23.7 Å². The van der Waals surface area contributed by atoms with Crippen LogP contribution in [0.1, 0.15) is 49.7 Å². The van der Waals surface area contributed by atoms with Crippen LogP contribution in [-0.2, 0) is 22.6 Å². The smallest absolute Gasteiger partial charge is 0.248 e. The minimum atomic E-state index is -0.489. The predicted octanol–water partition coefficient (Wildman–Crippen LogP) is 6.01. The fourth-order valence-corrected chi connectivity index (χ4v) is 7.73. The molecule has 1 aliphatic carbocycles. The van der Waals surface area contributed by atoms with Gasteiger partial charge in [-0.15, -0.1) is 11.3 Å². The van der Waals surface area contributed by atoms with Crippen molar-refractivity contribution in [2.75, 3.05) is 32.8 Å². The maximum absolute atomic E-state index is 15.0. The third-order valence-electron chi connectivity index (χ3n) is 9.53. The van der Waals surface area contributed by atoms with Crippen molar-refractivity contribution in [3.05, 3.63) is 71.8 Å². The van der Waals surface area contributed by atoms with Gasteiger partial charge in [0.1, 0.15) is 18.1 Å². The van der Waals surface area contributed by atoms with Crippen molar-refractivity contribution in [2.45, 2.75) is 51.5 Å². The second kappa shape index (κ2) is 12.6. The van der Waals surface area contributed by atoms with Crippen LogP contribution in [0.15, 0.2) is 54.9 Å². The van der Waals surface area contributed by atoms with Crippen molar-refractivity contribution in [1.82, 2.24) is 19.8 Å². The lowest BCUT2D eigenvalue weighted by Crippen LogP contribution is -2.42. The van der Waals surface area contributed by atoms with Gasteiger partial charge in [-0.1, -0.05) is 12.1 Å². The first kappa shape index (κ1) is 30.0. The molecule has 3 aliphatic rings. The third kappa shape index (κ3) is 6.78. The molecule has 3 fully saturated rings. The summed E-state index contributed by atoms with van der Waals surface area (Å²) in [6, 6.07) is 12.6. The molecule has 0 bridgehead atoms. The van der Waals surface area contributed by atoms with Gasteiger partial charge in [0.05, 0.1) is 20.8 Å². The molecule has 3 aromatic heterocycles. The van der Waals surface area contributed by atoms with Crippen LogP contribution in [0, 0.1) is 17.2 Å². The Morgan fingerprint density at radius 2 is 1.80 bits per heavy atom. The summed E-state index contributed by atoms with van der Waals surface area (Å²) in [5.74, 6) is 0.672. The molecule has 10 heteroatoms. The highest BCUT2D eigenvalue weighted by Gasteiger charge is 2.41. The summed E-state index contributed by atoms with van der Waals surface area (Å²) in [6.45, 7) is 3.90. The Hall–Kier alpha value is -3.73. The number of thiophene rings is 1. The lowest BCUT2D eigenvalue weighted by Gasteiger charge is -2.39. The molecule has 2 aliphatic heterocycles. The molecular formula is C35H37FN4O4S. The standard InChI is InChI=1S/C35H37FN4O4S/c36-27-17-24(16-26(42)15-23-1-2-23)4-6-30(27)44-31-7-11-37-29-18-32(45-34(29)31)28-5-3-25(19-38-28)20-39-12-8-35(9-13-39)10-14-40(22-35)33(43)21-41/h3-7,11,17-19,23,41H,1-2,8-10,12-16,20-22H2. The fraction of sp³-hybridized carbons (Fsp3) is 0.429. The molecule has 5 heterocycles. The number of ketones is 1. The van der Waals surface area contributed by atoms with E-state index in [1.54, 1.807) is 24.4 Å². The number of ether oxygens (including phenoxy) is 1.